The first-order valence-electron chi connectivity index (χ1n) is 11.3. The minimum atomic E-state index is -1.32. The van der Waals surface area contributed by atoms with Crippen LogP contribution in [-0.2, 0) is 9.53 Å². The van der Waals surface area contributed by atoms with Crippen LogP contribution in [0.3, 0.4) is 0 Å². The smallest absolute Gasteiger partial charge is 0.341 e. The van der Waals surface area contributed by atoms with Crippen molar-refractivity contribution in [1.82, 2.24) is 29.1 Å². The zero-order chi connectivity index (χ0) is 24.5. The summed E-state index contributed by atoms with van der Waals surface area (Å²) in [6, 6.07) is 1.76. The van der Waals surface area contributed by atoms with E-state index in [-0.39, 0.29) is 22.8 Å². The Bertz CT molecular complexity index is 1310. The van der Waals surface area contributed by atoms with Crippen LogP contribution in [0.15, 0.2) is 23.4 Å². The molecular weight excluding hydrogens is 474 g/mol. The van der Waals surface area contributed by atoms with Crippen molar-refractivity contribution in [1.29, 1.82) is 0 Å². The molecule has 2 N–H and O–H groups in total. The van der Waals surface area contributed by atoms with Crippen LogP contribution in [0.25, 0.3) is 16.2 Å². The SMILES string of the molecule is Cc1cc(N2CC(C(=O)NCCN3CCOCC3)C2)nc2c1c(=O)c(C(=O)O)cn2-c1ncns1. The Balaban J connectivity index is 1.33. The molecule has 5 rings (SSSR count). The van der Waals surface area contributed by atoms with Crippen LogP contribution in [0.4, 0.5) is 5.82 Å². The van der Waals surface area contributed by atoms with Crippen LogP contribution >= 0.6 is 11.5 Å². The number of fused-ring (bicyclic) bond motifs is 1. The Kier molecular flexibility index (Phi) is 6.45. The summed E-state index contributed by atoms with van der Waals surface area (Å²) in [5.41, 5.74) is -0.0333. The molecule has 2 aliphatic heterocycles. The number of carboxylic acid groups (broad SMARTS) is 1. The second kappa shape index (κ2) is 9.68. The molecule has 0 aromatic carbocycles. The van der Waals surface area contributed by atoms with Crippen LogP contribution in [0.2, 0.25) is 0 Å². The molecule has 0 saturated carbocycles. The van der Waals surface area contributed by atoms with E-state index in [1.54, 1.807) is 13.0 Å². The number of aryl methyl sites for hydroxylation is 1. The maximum absolute atomic E-state index is 12.9. The second-order valence-corrected chi connectivity index (χ2v) is 9.37. The van der Waals surface area contributed by atoms with Crippen molar-refractivity contribution in [3.63, 3.8) is 0 Å². The number of morpholine rings is 1. The van der Waals surface area contributed by atoms with Gasteiger partial charge in [-0.2, -0.15) is 4.37 Å². The van der Waals surface area contributed by atoms with Crippen molar-refractivity contribution in [2.75, 3.05) is 57.4 Å². The van der Waals surface area contributed by atoms with Crippen LogP contribution < -0.4 is 15.6 Å². The van der Waals surface area contributed by atoms with Gasteiger partial charge >= 0.3 is 5.97 Å². The molecule has 2 saturated heterocycles. The van der Waals surface area contributed by atoms with Crippen molar-refractivity contribution in [3.8, 4) is 5.13 Å². The maximum Gasteiger partial charge on any atom is 0.341 e. The van der Waals surface area contributed by atoms with Gasteiger partial charge in [0.25, 0.3) is 0 Å². The van der Waals surface area contributed by atoms with Crippen molar-refractivity contribution in [2.24, 2.45) is 5.92 Å². The maximum atomic E-state index is 12.9. The third-order valence-electron chi connectivity index (χ3n) is 6.34. The summed E-state index contributed by atoms with van der Waals surface area (Å²) in [6.45, 7) is 7.41. The average molecular weight is 500 g/mol. The van der Waals surface area contributed by atoms with Gasteiger partial charge in [0.1, 0.15) is 17.7 Å². The number of carboxylic acids is 1. The number of nitrogens with one attached hydrogen (secondary N) is 1. The van der Waals surface area contributed by atoms with Crippen molar-refractivity contribution in [3.05, 3.63) is 39.9 Å². The highest BCUT2D eigenvalue weighted by Gasteiger charge is 2.34. The Hall–Kier alpha value is -3.42. The molecule has 0 atom stereocenters. The number of carbonyl (C=O) groups excluding carboxylic acids is 1. The van der Waals surface area contributed by atoms with E-state index < -0.39 is 11.4 Å². The molecule has 13 heteroatoms. The Morgan fingerprint density at radius 1 is 1.29 bits per heavy atom. The topological polar surface area (TPSA) is 143 Å². The number of aromatic carboxylic acids is 1. The fourth-order valence-corrected chi connectivity index (χ4v) is 4.86. The van der Waals surface area contributed by atoms with Gasteiger partial charge in [0.05, 0.1) is 24.5 Å². The highest BCUT2D eigenvalue weighted by molar-refractivity contribution is 7.08. The van der Waals surface area contributed by atoms with Gasteiger partial charge in [-0.3, -0.25) is 19.1 Å². The second-order valence-electron chi connectivity index (χ2n) is 8.61. The van der Waals surface area contributed by atoms with Gasteiger partial charge in [0.15, 0.2) is 5.65 Å². The standard InChI is InChI=1S/C22H25N7O5S/c1-13-8-16(28-9-14(10-28)20(31)23-2-3-27-4-6-34-7-5-27)26-19-17(13)18(30)15(21(32)33)11-29(19)22-24-12-25-35-22/h8,11-12,14H,2-7,9-10H2,1H3,(H,23,31)(H,32,33). The van der Waals surface area contributed by atoms with E-state index in [0.717, 1.165) is 44.4 Å². The minimum Gasteiger partial charge on any atom is -0.477 e. The number of amides is 1. The third-order valence-corrected chi connectivity index (χ3v) is 7.00. The highest BCUT2D eigenvalue weighted by atomic mass is 32.1. The first-order valence-corrected chi connectivity index (χ1v) is 12.1. The molecule has 1 amide bonds. The quantitative estimate of drug-likeness (QED) is 0.460. The third kappa shape index (κ3) is 4.61. The Morgan fingerprint density at radius 2 is 2.06 bits per heavy atom. The molecule has 0 bridgehead atoms. The lowest BCUT2D eigenvalue weighted by atomic mass is 9.98. The zero-order valence-electron chi connectivity index (χ0n) is 19.1. The van der Waals surface area contributed by atoms with E-state index in [1.807, 2.05) is 4.90 Å². The van der Waals surface area contributed by atoms with E-state index >= 15 is 0 Å². The summed E-state index contributed by atoms with van der Waals surface area (Å²) in [7, 11) is 0. The predicted molar refractivity (Wildman–Crippen MR) is 128 cm³/mol. The molecule has 3 aromatic rings. The Morgan fingerprint density at radius 3 is 2.74 bits per heavy atom. The zero-order valence-corrected chi connectivity index (χ0v) is 20.0. The number of nitrogens with zero attached hydrogens (tertiary/aromatic N) is 6. The Labute approximate surface area is 204 Å². The number of aromatic nitrogens is 4. The van der Waals surface area contributed by atoms with E-state index in [4.69, 9.17) is 4.74 Å². The molecule has 2 aliphatic rings. The number of hydrogen-bond acceptors (Lipinski definition) is 10. The summed E-state index contributed by atoms with van der Waals surface area (Å²) in [5.74, 6) is -0.821. The molecule has 2 fully saturated rings. The summed E-state index contributed by atoms with van der Waals surface area (Å²) in [6.07, 6.45) is 2.60. The van der Waals surface area contributed by atoms with E-state index in [1.165, 1.54) is 17.1 Å². The molecule has 0 unspecified atom stereocenters. The predicted octanol–water partition coefficient (Wildman–Crippen LogP) is 0.128. The molecule has 184 valence electrons. The van der Waals surface area contributed by atoms with E-state index in [0.29, 0.717) is 41.8 Å². The van der Waals surface area contributed by atoms with Gasteiger partial charge in [-0.15, -0.1) is 0 Å². The monoisotopic (exact) mass is 499 g/mol. The van der Waals surface area contributed by atoms with Gasteiger partial charge in [-0.1, -0.05) is 0 Å². The van der Waals surface area contributed by atoms with Crippen molar-refractivity contribution < 1.29 is 19.4 Å². The summed E-state index contributed by atoms with van der Waals surface area (Å²) >= 11 is 1.07. The fraction of sp³-hybridized carbons (Fsp3) is 0.455. The number of anilines is 1. The lowest BCUT2D eigenvalue weighted by molar-refractivity contribution is -0.125. The highest BCUT2D eigenvalue weighted by Crippen LogP contribution is 2.28. The normalized spacial score (nSPS) is 16.9. The lowest BCUT2D eigenvalue weighted by Gasteiger charge is -2.39. The molecule has 0 radical (unpaired) electrons. The van der Waals surface area contributed by atoms with Crippen molar-refractivity contribution in [2.45, 2.75) is 6.92 Å². The van der Waals surface area contributed by atoms with Gasteiger partial charge in [0, 0.05) is 57.0 Å². The molecule has 0 spiro atoms. The molecule has 3 aromatic heterocycles. The molecule has 12 nitrogen and oxygen atoms in total. The molecule has 5 heterocycles. The van der Waals surface area contributed by atoms with Gasteiger partial charge < -0.3 is 20.1 Å². The summed E-state index contributed by atoms with van der Waals surface area (Å²) in [4.78, 5) is 50.2. The van der Waals surface area contributed by atoms with Gasteiger partial charge in [-0.25, -0.2) is 14.8 Å². The summed E-state index contributed by atoms with van der Waals surface area (Å²) < 4.78 is 10.8. The molecular formula is C22H25N7O5S. The number of hydrogen-bond donors (Lipinski definition) is 2. The largest absolute Gasteiger partial charge is 0.477 e. The lowest BCUT2D eigenvalue weighted by Crippen LogP contribution is -2.54. The number of pyridine rings is 2. The van der Waals surface area contributed by atoms with Crippen LogP contribution in [0.1, 0.15) is 15.9 Å². The first-order chi connectivity index (χ1) is 16.9. The van der Waals surface area contributed by atoms with Crippen LogP contribution in [0.5, 0.6) is 0 Å². The molecule has 0 aliphatic carbocycles. The minimum absolute atomic E-state index is 0.0175. The van der Waals surface area contributed by atoms with Crippen LogP contribution in [-0.4, -0.2) is 93.3 Å². The summed E-state index contributed by atoms with van der Waals surface area (Å²) in [5, 5.41) is 13.2. The van der Waals surface area contributed by atoms with E-state index in [9.17, 15) is 19.5 Å². The number of carbonyl (C=O) groups is 2. The first kappa shape index (κ1) is 23.3. The van der Waals surface area contributed by atoms with Crippen LogP contribution in [0, 0.1) is 12.8 Å². The molecule has 35 heavy (non-hydrogen) atoms. The number of rotatable bonds is 7. The van der Waals surface area contributed by atoms with Gasteiger partial charge in [-0.05, 0) is 18.6 Å². The van der Waals surface area contributed by atoms with Gasteiger partial charge in [0.2, 0.25) is 16.5 Å². The van der Waals surface area contributed by atoms with Crippen molar-refractivity contribution >= 4 is 40.3 Å². The average Bonchev–Trinajstić information content (AvgIpc) is 3.33. The van der Waals surface area contributed by atoms with E-state index in [2.05, 4.69) is 24.6 Å². The number of ether oxygens (including phenoxy) is 1. The fourth-order valence-electron chi connectivity index (χ4n) is 4.35.